The summed E-state index contributed by atoms with van der Waals surface area (Å²) >= 11 is 0. The second-order valence-corrected chi connectivity index (χ2v) is 17.3. The van der Waals surface area contributed by atoms with Crippen molar-refractivity contribution >= 4 is 23.8 Å². The smallest absolute Gasteiger partial charge is 0.326 e. The Morgan fingerprint density at radius 1 is 0.629 bits per heavy atom. The molecule has 0 fully saturated rings. The van der Waals surface area contributed by atoms with E-state index >= 15 is 0 Å². The van der Waals surface area contributed by atoms with Gasteiger partial charge in [0.05, 0.1) is 44.5 Å². The number of nitrogens with two attached hydrogens (primary N) is 1. The molecular formula is C55H68N6O9. The monoisotopic (exact) mass is 957 g/mol. The molecule has 4 heterocycles. The number of hydrogen-bond acceptors (Lipinski definition) is 11. The molecule has 0 spiro atoms. The van der Waals surface area contributed by atoms with Crippen LogP contribution in [0.15, 0.2) is 144 Å². The molecule has 4 atom stereocenters. The number of nitrogens with one attached hydrogen (secondary N) is 1. The first kappa shape index (κ1) is 56.8. The second kappa shape index (κ2) is 28.1. The van der Waals surface area contributed by atoms with E-state index in [1.165, 1.54) is 41.7 Å². The van der Waals surface area contributed by atoms with Gasteiger partial charge in [-0.3, -0.25) is 33.9 Å². The molecule has 0 saturated carbocycles. The summed E-state index contributed by atoms with van der Waals surface area (Å²) in [4.78, 5) is 80.8. The van der Waals surface area contributed by atoms with Crippen LogP contribution in [0.25, 0.3) is 22.5 Å². The number of carboxylic acids is 1. The topological polar surface area (TPSA) is 215 Å². The highest BCUT2D eigenvalue weighted by atomic mass is 16.5. The fourth-order valence-electron chi connectivity index (χ4n) is 7.48. The maximum absolute atomic E-state index is 13.5. The predicted octanol–water partition coefficient (Wildman–Crippen LogP) is 9.00. The van der Waals surface area contributed by atoms with Crippen molar-refractivity contribution in [1.29, 1.82) is 0 Å². The Bertz CT molecular complexity index is 2770. The number of methoxy groups -OCH3 is 2. The Morgan fingerprint density at radius 2 is 1.06 bits per heavy atom. The van der Waals surface area contributed by atoms with E-state index in [1.54, 1.807) is 48.9 Å². The molecular weight excluding hydrogens is 889 g/mol. The number of amides is 1. The fourth-order valence-corrected chi connectivity index (χ4v) is 7.48. The number of carbonyl (C=O) groups is 4. The van der Waals surface area contributed by atoms with Gasteiger partial charge in [-0.2, -0.15) is 0 Å². The molecule has 6 aromatic rings. The molecule has 15 nitrogen and oxygen atoms in total. The van der Waals surface area contributed by atoms with Gasteiger partial charge in [0, 0.05) is 54.1 Å². The van der Waals surface area contributed by atoms with Crippen LogP contribution >= 0.6 is 0 Å². The number of hydrogen-bond donors (Lipinski definition) is 3. The molecule has 3 unspecified atom stereocenters. The molecule has 0 aliphatic rings. The molecule has 0 aliphatic heterocycles. The standard InChI is InChI=1S/C27H31N3O4.C16H18N2O2.C11H15NO3.CH4/c1-18(2)15-24(30-14-8-7-11-25(30)31)27(33)29-22(17-26(32)34-4)20-12-13-28-23(16-20)21-10-6-5-9-19(21)3;1-11-5-3-4-6-13(11)15-9-12(7-8-18-15)14(17)10-16(19)20-2;1-8(2)7-9(11(14)15)12-6-4-3-5-10(12)13;/h5-14,16,18,22,24H,15,17H2,1-4H3,(H,29,33);3-9,14H,10,17H2,1-2H3;3-6,8-9H,7H2,1-2H3,(H,14,15);1H4/t;;9-;/m..0./s1. The van der Waals surface area contributed by atoms with E-state index in [9.17, 15) is 28.8 Å². The Kier molecular flexibility index (Phi) is 22.8. The quantitative estimate of drug-likeness (QED) is 0.0731. The maximum Gasteiger partial charge on any atom is 0.326 e. The fraction of sp³-hybridized carbons (Fsp3) is 0.345. The van der Waals surface area contributed by atoms with Crippen LogP contribution in [0.4, 0.5) is 0 Å². The lowest BCUT2D eigenvalue weighted by atomic mass is 9.98. The van der Waals surface area contributed by atoms with Crippen molar-refractivity contribution in [2.24, 2.45) is 17.6 Å². The lowest BCUT2D eigenvalue weighted by molar-refractivity contribution is -0.142. The van der Waals surface area contributed by atoms with Crippen molar-refractivity contribution in [1.82, 2.24) is 24.4 Å². The molecule has 0 aliphatic carbocycles. The lowest BCUT2D eigenvalue weighted by Gasteiger charge is -2.25. The van der Waals surface area contributed by atoms with Gasteiger partial charge in [0.1, 0.15) is 12.1 Å². The highest BCUT2D eigenvalue weighted by Gasteiger charge is 2.27. The molecule has 4 N–H and O–H groups in total. The first-order valence-electron chi connectivity index (χ1n) is 22.7. The Labute approximate surface area is 410 Å². The lowest BCUT2D eigenvalue weighted by Crippen LogP contribution is -2.40. The molecule has 2 aromatic carbocycles. The van der Waals surface area contributed by atoms with Crippen molar-refractivity contribution in [2.45, 2.75) is 98.8 Å². The molecule has 1 amide bonds. The van der Waals surface area contributed by atoms with Gasteiger partial charge in [0.2, 0.25) is 5.91 Å². The van der Waals surface area contributed by atoms with Crippen molar-refractivity contribution in [3.05, 3.63) is 177 Å². The summed E-state index contributed by atoms with van der Waals surface area (Å²) in [5.74, 6) is -1.64. The van der Waals surface area contributed by atoms with Gasteiger partial charge in [-0.15, -0.1) is 0 Å². The summed E-state index contributed by atoms with van der Waals surface area (Å²) in [6.45, 7) is 11.9. The minimum absolute atomic E-state index is 0. The summed E-state index contributed by atoms with van der Waals surface area (Å²) in [6, 6.07) is 30.3. The third-order valence-corrected chi connectivity index (χ3v) is 11.1. The van der Waals surface area contributed by atoms with Crippen LogP contribution < -0.4 is 22.2 Å². The Balaban J connectivity index is 0.000000305. The molecule has 372 valence electrons. The van der Waals surface area contributed by atoms with Gasteiger partial charge in [-0.25, -0.2) is 4.79 Å². The van der Waals surface area contributed by atoms with Crippen LogP contribution in [0.1, 0.15) is 107 Å². The molecule has 6 rings (SSSR count). The van der Waals surface area contributed by atoms with Crippen LogP contribution in [0.2, 0.25) is 0 Å². The Morgan fingerprint density at radius 3 is 1.51 bits per heavy atom. The molecule has 0 radical (unpaired) electrons. The van der Waals surface area contributed by atoms with E-state index in [1.807, 2.05) is 108 Å². The molecule has 4 aromatic heterocycles. The maximum atomic E-state index is 13.5. The van der Waals surface area contributed by atoms with E-state index in [0.717, 1.165) is 44.8 Å². The number of carbonyl (C=O) groups excluding carboxylic acids is 3. The number of aliphatic carboxylic acids is 1. The molecule has 70 heavy (non-hydrogen) atoms. The summed E-state index contributed by atoms with van der Waals surface area (Å²) in [5.41, 5.74) is 13.0. The molecule has 15 heteroatoms. The van der Waals surface area contributed by atoms with Crippen molar-refractivity contribution in [2.75, 3.05) is 14.2 Å². The number of aromatic nitrogens is 4. The van der Waals surface area contributed by atoms with Crippen LogP contribution in [0.5, 0.6) is 0 Å². The van der Waals surface area contributed by atoms with Gasteiger partial charge >= 0.3 is 17.9 Å². The van der Waals surface area contributed by atoms with E-state index in [4.69, 9.17) is 15.6 Å². The van der Waals surface area contributed by atoms with Crippen LogP contribution in [0, 0.1) is 25.7 Å². The minimum Gasteiger partial charge on any atom is -0.480 e. The minimum atomic E-state index is -0.961. The van der Waals surface area contributed by atoms with Gasteiger partial charge in [0.15, 0.2) is 0 Å². The number of benzene rings is 2. The number of esters is 2. The van der Waals surface area contributed by atoms with Gasteiger partial charge in [-0.05, 0) is 97.2 Å². The predicted molar refractivity (Wildman–Crippen MR) is 273 cm³/mol. The van der Waals surface area contributed by atoms with Gasteiger partial charge in [0.25, 0.3) is 11.1 Å². The summed E-state index contributed by atoms with van der Waals surface area (Å²) in [7, 11) is 2.68. The molecule has 0 bridgehead atoms. The average Bonchev–Trinajstić information content (AvgIpc) is 3.33. The van der Waals surface area contributed by atoms with Crippen molar-refractivity contribution < 1.29 is 33.8 Å². The first-order chi connectivity index (χ1) is 32.9. The van der Waals surface area contributed by atoms with Crippen molar-refractivity contribution in [3.8, 4) is 22.5 Å². The highest BCUT2D eigenvalue weighted by Crippen LogP contribution is 2.28. The van der Waals surface area contributed by atoms with E-state index in [-0.39, 0.29) is 61.1 Å². The number of aryl methyl sites for hydroxylation is 2. The zero-order valence-electron chi connectivity index (χ0n) is 40.6. The zero-order chi connectivity index (χ0) is 50.6. The zero-order valence-corrected chi connectivity index (χ0v) is 40.6. The number of rotatable bonds is 17. The molecule has 0 saturated heterocycles. The van der Waals surface area contributed by atoms with Gasteiger partial charge < -0.3 is 34.8 Å². The summed E-state index contributed by atoms with van der Waals surface area (Å²) < 4.78 is 12.2. The first-order valence-corrected chi connectivity index (χ1v) is 22.7. The number of carboxylic acid groups (broad SMARTS) is 1. The van der Waals surface area contributed by atoms with Crippen LogP contribution in [-0.2, 0) is 28.7 Å². The van der Waals surface area contributed by atoms with Crippen LogP contribution in [0.3, 0.4) is 0 Å². The van der Waals surface area contributed by atoms with E-state index < -0.39 is 30.1 Å². The van der Waals surface area contributed by atoms with Gasteiger partial charge in [-0.1, -0.05) is 95.8 Å². The number of nitrogens with zero attached hydrogens (tertiary/aromatic N) is 4. The summed E-state index contributed by atoms with van der Waals surface area (Å²) in [5, 5.41) is 12.0. The number of pyridine rings is 4. The summed E-state index contributed by atoms with van der Waals surface area (Å²) in [6.07, 6.45) is 7.57. The van der Waals surface area contributed by atoms with E-state index in [2.05, 4.69) is 20.0 Å². The normalized spacial score (nSPS) is 12.3. The van der Waals surface area contributed by atoms with Crippen molar-refractivity contribution in [3.63, 3.8) is 0 Å². The van der Waals surface area contributed by atoms with E-state index in [0.29, 0.717) is 12.8 Å². The second-order valence-electron chi connectivity index (χ2n) is 17.3. The Hall–Kier alpha value is -7.52. The van der Waals surface area contributed by atoms with Crippen LogP contribution in [-0.4, -0.2) is 62.2 Å². The highest BCUT2D eigenvalue weighted by molar-refractivity contribution is 5.82. The largest absolute Gasteiger partial charge is 0.480 e. The number of ether oxygens (including phenoxy) is 2. The third kappa shape index (κ3) is 16.9. The average molecular weight is 957 g/mol. The SMILES string of the molecule is C.CC(C)C[C@@H](C(=O)O)n1ccccc1=O.COC(=O)CC(N)c1ccnc(-c2ccccc2C)c1.COC(=O)CC(NC(=O)C(CC(C)C)n1ccccc1=O)c1ccnc(-c2ccccc2C)c1. The third-order valence-electron chi connectivity index (χ3n) is 11.1.